The Kier molecular flexibility index (Phi) is 5.47. The molecule has 0 bridgehead atoms. The summed E-state index contributed by atoms with van der Waals surface area (Å²) in [6, 6.07) is 2.82. The van der Waals surface area contributed by atoms with Crippen molar-refractivity contribution >= 4 is 0 Å². The minimum absolute atomic E-state index is 0.0141. The van der Waals surface area contributed by atoms with Gasteiger partial charge >= 0.3 is 6.18 Å². The van der Waals surface area contributed by atoms with Crippen molar-refractivity contribution in [3.05, 3.63) is 28.8 Å². The first kappa shape index (κ1) is 19.8. The second-order valence-corrected chi connectivity index (χ2v) is 8.22. The standard InChI is InChI=1S/C18H28F3NO/c1-16(2,3)11-9-12(14(22)7-8-18(19,20)21)15(23)13(10-11)17(4,5)6/h9-10,14,23H,7-8,22H2,1-6H3/t14-/m1/s1. The molecule has 0 aromatic heterocycles. The second kappa shape index (κ2) is 6.34. The summed E-state index contributed by atoms with van der Waals surface area (Å²) >= 11 is 0. The molecule has 0 saturated carbocycles. The van der Waals surface area contributed by atoms with Crippen LogP contribution in [0.4, 0.5) is 13.2 Å². The van der Waals surface area contributed by atoms with Crippen molar-refractivity contribution in [3.8, 4) is 5.75 Å². The summed E-state index contributed by atoms with van der Waals surface area (Å²) in [6.45, 7) is 11.9. The number of rotatable bonds is 3. The minimum Gasteiger partial charge on any atom is -0.507 e. The largest absolute Gasteiger partial charge is 0.507 e. The first-order chi connectivity index (χ1) is 10.1. The van der Waals surface area contributed by atoms with Crippen molar-refractivity contribution in [1.29, 1.82) is 0 Å². The van der Waals surface area contributed by atoms with E-state index in [1.165, 1.54) is 0 Å². The fraction of sp³-hybridized carbons (Fsp3) is 0.667. The Morgan fingerprint density at radius 1 is 1.00 bits per heavy atom. The Hall–Kier alpha value is -1.23. The number of alkyl halides is 3. The van der Waals surface area contributed by atoms with E-state index in [1.54, 1.807) is 6.07 Å². The van der Waals surface area contributed by atoms with Gasteiger partial charge in [0.2, 0.25) is 0 Å². The van der Waals surface area contributed by atoms with E-state index in [0.29, 0.717) is 11.1 Å². The summed E-state index contributed by atoms with van der Waals surface area (Å²) in [7, 11) is 0. The molecule has 0 aliphatic rings. The summed E-state index contributed by atoms with van der Waals surface area (Å²) in [5.74, 6) is 0.0141. The van der Waals surface area contributed by atoms with Crippen molar-refractivity contribution in [2.24, 2.45) is 5.73 Å². The average molecular weight is 331 g/mol. The molecule has 0 saturated heterocycles. The van der Waals surface area contributed by atoms with Gasteiger partial charge in [-0.1, -0.05) is 47.6 Å². The number of phenols is 1. The van der Waals surface area contributed by atoms with E-state index in [0.717, 1.165) is 5.56 Å². The third kappa shape index (κ3) is 5.41. The molecule has 1 aromatic carbocycles. The zero-order chi connectivity index (χ0) is 18.2. The lowest BCUT2D eigenvalue weighted by atomic mass is 9.78. The van der Waals surface area contributed by atoms with Crippen LogP contribution in [0.5, 0.6) is 5.75 Å². The van der Waals surface area contributed by atoms with Gasteiger partial charge in [0.25, 0.3) is 0 Å². The van der Waals surface area contributed by atoms with Gasteiger partial charge in [0.15, 0.2) is 0 Å². The Bertz CT molecular complexity index is 551. The molecule has 0 aliphatic heterocycles. The van der Waals surface area contributed by atoms with Crippen molar-refractivity contribution < 1.29 is 18.3 Å². The molecule has 0 heterocycles. The Labute approximate surface area is 136 Å². The number of hydrogen-bond acceptors (Lipinski definition) is 2. The van der Waals surface area contributed by atoms with Crippen LogP contribution in [0.15, 0.2) is 12.1 Å². The van der Waals surface area contributed by atoms with E-state index in [2.05, 4.69) is 0 Å². The van der Waals surface area contributed by atoms with Crippen LogP contribution in [0.2, 0.25) is 0 Å². The Morgan fingerprint density at radius 2 is 1.52 bits per heavy atom. The molecule has 0 amide bonds. The summed E-state index contributed by atoms with van der Waals surface area (Å²) in [5.41, 5.74) is 7.51. The molecule has 1 aromatic rings. The highest BCUT2D eigenvalue weighted by molar-refractivity contribution is 5.49. The summed E-state index contributed by atoms with van der Waals surface area (Å²) < 4.78 is 37.4. The van der Waals surface area contributed by atoms with Crippen LogP contribution in [-0.4, -0.2) is 11.3 Å². The van der Waals surface area contributed by atoms with Gasteiger partial charge < -0.3 is 10.8 Å². The van der Waals surface area contributed by atoms with Crippen LogP contribution in [0.3, 0.4) is 0 Å². The molecule has 1 rings (SSSR count). The smallest absolute Gasteiger partial charge is 0.389 e. The van der Waals surface area contributed by atoms with Gasteiger partial charge in [-0.3, -0.25) is 0 Å². The third-order valence-corrected chi connectivity index (χ3v) is 3.95. The first-order valence-corrected chi connectivity index (χ1v) is 7.83. The number of halogens is 3. The lowest BCUT2D eigenvalue weighted by molar-refractivity contribution is -0.136. The molecule has 0 spiro atoms. The lowest BCUT2D eigenvalue weighted by Crippen LogP contribution is -2.21. The summed E-state index contributed by atoms with van der Waals surface area (Å²) in [6.07, 6.45) is -5.45. The van der Waals surface area contributed by atoms with Crippen molar-refractivity contribution in [1.82, 2.24) is 0 Å². The number of aromatic hydroxyl groups is 1. The zero-order valence-corrected chi connectivity index (χ0v) is 14.8. The quantitative estimate of drug-likeness (QED) is 0.786. The number of benzene rings is 1. The van der Waals surface area contributed by atoms with Gasteiger partial charge in [0, 0.05) is 18.0 Å². The van der Waals surface area contributed by atoms with Crippen molar-refractivity contribution in [2.75, 3.05) is 0 Å². The molecule has 0 aliphatic carbocycles. The van der Waals surface area contributed by atoms with E-state index in [4.69, 9.17) is 5.73 Å². The molecule has 0 radical (unpaired) electrons. The maximum absolute atomic E-state index is 12.5. The van der Waals surface area contributed by atoms with Crippen molar-refractivity contribution in [2.45, 2.75) is 77.4 Å². The highest BCUT2D eigenvalue weighted by Gasteiger charge is 2.30. The monoisotopic (exact) mass is 331 g/mol. The molecule has 0 fully saturated rings. The van der Waals surface area contributed by atoms with Crippen LogP contribution >= 0.6 is 0 Å². The molecule has 23 heavy (non-hydrogen) atoms. The average Bonchev–Trinajstić information content (AvgIpc) is 2.32. The number of nitrogens with two attached hydrogens (primary N) is 1. The van der Waals surface area contributed by atoms with Crippen LogP contribution in [0, 0.1) is 0 Å². The number of hydrogen-bond donors (Lipinski definition) is 2. The van der Waals surface area contributed by atoms with E-state index < -0.39 is 18.6 Å². The molecule has 5 heteroatoms. The van der Waals surface area contributed by atoms with E-state index >= 15 is 0 Å². The maximum atomic E-state index is 12.5. The highest BCUT2D eigenvalue weighted by Crippen LogP contribution is 2.40. The highest BCUT2D eigenvalue weighted by atomic mass is 19.4. The molecular formula is C18H28F3NO. The SMILES string of the molecule is CC(C)(C)c1cc([C@H](N)CCC(F)(F)F)c(O)c(C(C)(C)C)c1. The fourth-order valence-corrected chi connectivity index (χ4v) is 2.42. The van der Waals surface area contributed by atoms with Gasteiger partial charge in [-0.15, -0.1) is 0 Å². The Balaban J connectivity index is 3.35. The fourth-order valence-electron chi connectivity index (χ4n) is 2.42. The third-order valence-electron chi connectivity index (χ3n) is 3.95. The van der Waals surface area contributed by atoms with Crippen LogP contribution in [0.25, 0.3) is 0 Å². The molecule has 1 atom stereocenters. The maximum Gasteiger partial charge on any atom is 0.389 e. The molecular weight excluding hydrogens is 303 g/mol. The first-order valence-electron chi connectivity index (χ1n) is 7.83. The zero-order valence-electron chi connectivity index (χ0n) is 14.8. The van der Waals surface area contributed by atoms with Crippen molar-refractivity contribution in [3.63, 3.8) is 0 Å². The van der Waals surface area contributed by atoms with E-state index in [1.807, 2.05) is 47.6 Å². The molecule has 132 valence electrons. The van der Waals surface area contributed by atoms with E-state index in [-0.39, 0.29) is 23.0 Å². The van der Waals surface area contributed by atoms with Crippen LogP contribution < -0.4 is 5.73 Å². The second-order valence-electron chi connectivity index (χ2n) is 8.22. The number of phenolic OH excluding ortho intramolecular Hbond substituents is 1. The predicted octanol–water partition coefficient (Wildman–Crippen LogP) is 5.33. The van der Waals surface area contributed by atoms with Gasteiger partial charge in [0.05, 0.1) is 0 Å². The lowest BCUT2D eigenvalue weighted by Gasteiger charge is -2.29. The molecule has 2 nitrogen and oxygen atoms in total. The van der Waals surface area contributed by atoms with Gasteiger partial charge in [0.1, 0.15) is 5.75 Å². The van der Waals surface area contributed by atoms with E-state index in [9.17, 15) is 18.3 Å². The predicted molar refractivity (Wildman–Crippen MR) is 87.7 cm³/mol. The normalized spacial score (nSPS) is 14.9. The summed E-state index contributed by atoms with van der Waals surface area (Å²) in [4.78, 5) is 0. The van der Waals surface area contributed by atoms with Crippen LogP contribution in [-0.2, 0) is 10.8 Å². The summed E-state index contributed by atoms with van der Waals surface area (Å²) in [5, 5.41) is 10.6. The van der Waals surface area contributed by atoms with Crippen LogP contribution in [0.1, 0.15) is 77.1 Å². The van der Waals surface area contributed by atoms with Gasteiger partial charge in [-0.05, 0) is 34.4 Å². The topological polar surface area (TPSA) is 46.2 Å². The molecule has 3 N–H and O–H groups in total. The van der Waals surface area contributed by atoms with Gasteiger partial charge in [-0.2, -0.15) is 13.2 Å². The minimum atomic E-state index is -4.25. The molecule has 0 unspecified atom stereocenters. The van der Waals surface area contributed by atoms with Gasteiger partial charge in [-0.25, -0.2) is 0 Å². The Morgan fingerprint density at radius 3 is 1.91 bits per heavy atom.